The molecule has 0 aliphatic heterocycles. The zero-order chi connectivity index (χ0) is 9.07. The first-order valence-corrected chi connectivity index (χ1v) is 4.90. The van der Waals surface area contributed by atoms with Crippen LogP contribution in [0.3, 0.4) is 0 Å². The number of ether oxygens (including phenoxy) is 1. The van der Waals surface area contributed by atoms with Crippen LogP contribution in [0.2, 0.25) is 0 Å². The molecule has 0 amide bonds. The predicted molar refractivity (Wildman–Crippen MR) is 52.3 cm³/mol. The molecule has 0 aromatic carbocycles. The quantitative estimate of drug-likeness (QED) is 0.507. The van der Waals surface area contributed by atoms with E-state index in [0.717, 1.165) is 39.3 Å². The summed E-state index contributed by atoms with van der Waals surface area (Å²) in [5.41, 5.74) is 5.34. The molecule has 0 heterocycles. The van der Waals surface area contributed by atoms with Crippen LogP contribution in [0.4, 0.5) is 0 Å². The highest BCUT2D eigenvalue weighted by atomic mass is 16.5. The summed E-state index contributed by atoms with van der Waals surface area (Å²) in [5, 5.41) is 3.26. The SMILES string of the molecule is CCCCOCCNCCCN. The molecule has 0 aromatic heterocycles. The fourth-order valence-corrected chi connectivity index (χ4v) is 0.845. The Morgan fingerprint density at radius 3 is 2.67 bits per heavy atom. The van der Waals surface area contributed by atoms with Crippen LogP contribution in [0.25, 0.3) is 0 Å². The van der Waals surface area contributed by atoms with Gasteiger partial charge in [0, 0.05) is 13.2 Å². The van der Waals surface area contributed by atoms with Crippen molar-refractivity contribution in [1.82, 2.24) is 5.32 Å². The molecule has 3 heteroatoms. The molecule has 0 fully saturated rings. The van der Waals surface area contributed by atoms with Gasteiger partial charge < -0.3 is 15.8 Å². The van der Waals surface area contributed by atoms with Crippen molar-refractivity contribution < 1.29 is 4.74 Å². The molecule has 0 aliphatic rings. The van der Waals surface area contributed by atoms with E-state index in [1.165, 1.54) is 12.8 Å². The third-order valence-electron chi connectivity index (χ3n) is 1.62. The predicted octanol–water partition coefficient (Wildman–Crippen LogP) is 0.742. The molecule has 0 saturated heterocycles. The first kappa shape index (κ1) is 11.9. The minimum atomic E-state index is 0.768. The molecule has 3 nitrogen and oxygen atoms in total. The highest BCUT2D eigenvalue weighted by Gasteiger charge is 1.87. The Hall–Kier alpha value is -0.120. The molecule has 3 N–H and O–H groups in total. The van der Waals surface area contributed by atoms with Gasteiger partial charge in [0.25, 0.3) is 0 Å². The summed E-state index contributed by atoms with van der Waals surface area (Å²) in [7, 11) is 0. The zero-order valence-corrected chi connectivity index (χ0v) is 8.14. The maximum absolute atomic E-state index is 5.36. The van der Waals surface area contributed by atoms with E-state index in [1.807, 2.05) is 0 Å². The van der Waals surface area contributed by atoms with Crippen molar-refractivity contribution in [3.05, 3.63) is 0 Å². The van der Waals surface area contributed by atoms with Gasteiger partial charge in [-0.25, -0.2) is 0 Å². The smallest absolute Gasteiger partial charge is 0.0590 e. The van der Waals surface area contributed by atoms with E-state index in [9.17, 15) is 0 Å². The van der Waals surface area contributed by atoms with Crippen molar-refractivity contribution in [1.29, 1.82) is 0 Å². The molecule has 0 saturated carbocycles. The second-order valence-electron chi connectivity index (χ2n) is 2.86. The standard InChI is InChI=1S/C9H22N2O/c1-2-3-8-12-9-7-11-6-4-5-10/h11H,2-10H2,1H3. The van der Waals surface area contributed by atoms with E-state index in [-0.39, 0.29) is 0 Å². The molecule has 0 atom stereocenters. The molecular weight excluding hydrogens is 152 g/mol. The van der Waals surface area contributed by atoms with Gasteiger partial charge in [-0.15, -0.1) is 0 Å². The second-order valence-corrected chi connectivity index (χ2v) is 2.86. The first-order valence-electron chi connectivity index (χ1n) is 4.90. The summed E-state index contributed by atoms with van der Waals surface area (Å²) in [6.45, 7) is 6.61. The fraction of sp³-hybridized carbons (Fsp3) is 1.00. The minimum Gasteiger partial charge on any atom is -0.380 e. The third kappa shape index (κ3) is 9.88. The van der Waals surface area contributed by atoms with E-state index in [4.69, 9.17) is 10.5 Å². The van der Waals surface area contributed by atoms with Crippen molar-refractivity contribution >= 4 is 0 Å². The van der Waals surface area contributed by atoms with Crippen molar-refractivity contribution in [2.75, 3.05) is 32.8 Å². The minimum absolute atomic E-state index is 0.768. The molecular formula is C9H22N2O. The lowest BCUT2D eigenvalue weighted by Crippen LogP contribution is -2.22. The van der Waals surface area contributed by atoms with Gasteiger partial charge in [-0.1, -0.05) is 13.3 Å². The number of unbranched alkanes of at least 4 members (excludes halogenated alkanes) is 1. The fourth-order valence-electron chi connectivity index (χ4n) is 0.845. The summed E-state index contributed by atoms with van der Waals surface area (Å²) >= 11 is 0. The van der Waals surface area contributed by atoms with Gasteiger partial charge in [0.1, 0.15) is 0 Å². The molecule has 0 aromatic rings. The van der Waals surface area contributed by atoms with Crippen molar-refractivity contribution in [2.45, 2.75) is 26.2 Å². The van der Waals surface area contributed by atoms with Gasteiger partial charge in [0.05, 0.1) is 6.61 Å². The topological polar surface area (TPSA) is 47.3 Å². The summed E-state index contributed by atoms with van der Waals surface area (Å²) in [6.07, 6.45) is 3.43. The first-order chi connectivity index (χ1) is 5.91. The third-order valence-corrected chi connectivity index (χ3v) is 1.62. The maximum Gasteiger partial charge on any atom is 0.0590 e. The van der Waals surface area contributed by atoms with Crippen LogP contribution in [0.15, 0.2) is 0 Å². The van der Waals surface area contributed by atoms with Crippen LogP contribution < -0.4 is 11.1 Å². The van der Waals surface area contributed by atoms with Gasteiger partial charge in [0.15, 0.2) is 0 Å². The summed E-state index contributed by atoms with van der Waals surface area (Å²) in [5.74, 6) is 0. The Balaban J connectivity index is 2.73. The van der Waals surface area contributed by atoms with Crippen molar-refractivity contribution in [3.8, 4) is 0 Å². The largest absolute Gasteiger partial charge is 0.380 e. The number of nitrogens with one attached hydrogen (secondary N) is 1. The van der Waals surface area contributed by atoms with Gasteiger partial charge >= 0.3 is 0 Å². The maximum atomic E-state index is 5.36. The average molecular weight is 174 g/mol. The molecule has 0 rings (SSSR count). The summed E-state index contributed by atoms with van der Waals surface area (Å²) in [4.78, 5) is 0. The van der Waals surface area contributed by atoms with Crippen LogP contribution in [0.5, 0.6) is 0 Å². The molecule has 74 valence electrons. The van der Waals surface area contributed by atoms with Crippen LogP contribution in [-0.2, 0) is 4.74 Å². The summed E-state index contributed by atoms with van der Waals surface area (Å²) < 4.78 is 5.36. The Labute approximate surface area is 75.7 Å². The lowest BCUT2D eigenvalue weighted by atomic mass is 10.4. The van der Waals surface area contributed by atoms with Crippen LogP contribution in [-0.4, -0.2) is 32.8 Å². The highest BCUT2D eigenvalue weighted by Crippen LogP contribution is 1.86. The molecule has 0 aliphatic carbocycles. The molecule has 0 radical (unpaired) electrons. The normalized spacial score (nSPS) is 10.5. The van der Waals surface area contributed by atoms with E-state index in [0.29, 0.717) is 0 Å². The lowest BCUT2D eigenvalue weighted by molar-refractivity contribution is 0.133. The Bertz CT molecular complexity index is 68.9. The molecule has 0 spiro atoms. The number of hydrogen-bond donors (Lipinski definition) is 2. The number of rotatable bonds is 9. The average Bonchev–Trinajstić information content (AvgIpc) is 2.10. The van der Waals surface area contributed by atoms with Gasteiger partial charge in [0.2, 0.25) is 0 Å². The van der Waals surface area contributed by atoms with Crippen LogP contribution >= 0.6 is 0 Å². The molecule has 12 heavy (non-hydrogen) atoms. The lowest BCUT2D eigenvalue weighted by Gasteiger charge is -2.04. The molecule has 0 unspecified atom stereocenters. The highest BCUT2D eigenvalue weighted by molar-refractivity contribution is 4.46. The van der Waals surface area contributed by atoms with Gasteiger partial charge in [-0.05, 0) is 25.9 Å². The summed E-state index contributed by atoms with van der Waals surface area (Å²) in [6, 6.07) is 0. The number of nitrogens with two attached hydrogens (primary N) is 1. The van der Waals surface area contributed by atoms with E-state index < -0.39 is 0 Å². The van der Waals surface area contributed by atoms with Crippen molar-refractivity contribution in [2.24, 2.45) is 5.73 Å². The van der Waals surface area contributed by atoms with Gasteiger partial charge in [-0.3, -0.25) is 0 Å². The van der Waals surface area contributed by atoms with E-state index in [2.05, 4.69) is 12.2 Å². The Morgan fingerprint density at radius 2 is 2.00 bits per heavy atom. The molecule has 0 bridgehead atoms. The van der Waals surface area contributed by atoms with Crippen molar-refractivity contribution in [3.63, 3.8) is 0 Å². The Kier molecular flexibility index (Phi) is 10.8. The van der Waals surface area contributed by atoms with E-state index >= 15 is 0 Å². The Morgan fingerprint density at radius 1 is 1.17 bits per heavy atom. The monoisotopic (exact) mass is 174 g/mol. The van der Waals surface area contributed by atoms with Gasteiger partial charge in [-0.2, -0.15) is 0 Å². The number of hydrogen-bond acceptors (Lipinski definition) is 3. The van der Waals surface area contributed by atoms with E-state index in [1.54, 1.807) is 0 Å². The second kappa shape index (κ2) is 10.9. The van der Waals surface area contributed by atoms with Crippen LogP contribution in [0, 0.1) is 0 Å². The zero-order valence-electron chi connectivity index (χ0n) is 8.14. The van der Waals surface area contributed by atoms with Crippen LogP contribution in [0.1, 0.15) is 26.2 Å².